The van der Waals surface area contributed by atoms with Gasteiger partial charge in [-0.05, 0) is 43.4 Å². The number of aryl methyl sites for hydroxylation is 1. The van der Waals surface area contributed by atoms with E-state index in [2.05, 4.69) is 0 Å². The molecule has 0 unspecified atom stereocenters. The van der Waals surface area contributed by atoms with Crippen molar-refractivity contribution in [3.8, 4) is 5.75 Å². The molecule has 1 aliphatic rings. The lowest BCUT2D eigenvalue weighted by atomic mass is 9.86. The van der Waals surface area contributed by atoms with Crippen LogP contribution < -0.4 is 4.74 Å². The van der Waals surface area contributed by atoms with Crippen LogP contribution in [-0.4, -0.2) is 6.61 Å². The van der Waals surface area contributed by atoms with E-state index in [1.165, 1.54) is 6.42 Å². The van der Waals surface area contributed by atoms with Crippen molar-refractivity contribution >= 4 is 21.9 Å². The molecule has 1 saturated carbocycles. The molecule has 0 radical (unpaired) electrons. The second-order valence-corrected chi connectivity index (χ2v) is 6.04. The van der Waals surface area contributed by atoms with Gasteiger partial charge in [0.05, 0.1) is 6.61 Å². The number of fused-ring (bicyclic) bond motifs is 3. The third kappa shape index (κ3) is 2.74. The van der Waals surface area contributed by atoms with E-state index >= 15 is 0 Å². The van der Waals surface area contributed by atoms with Crippen molar-refractivity contribution in [1.29, 1.82) is 0 Å². The van der Waals surface area contributed by atoms with Crippen LogP contribution in [0, 0.1) is 24.5 Å². The summed E-state index contributed by atoms with van der Waals surface area (Å²) in [5, 5.41) is 1.16. The fourth-order valence-electron chi connectivity index (χ4n) is 2.90. The number of halogens is 2. The van der Waals surface area contributed by atoms with Gasteiger partial charge in [-0.3, -0.25) is 0 Å². The van der Waals surface area contributed by atoms with Crippen LogP contribution in [0.3, 0.4) is 0 Å². The molecule has 0 aliphatic heterocycles. The third-order valence-electron chi connectivity index (χ3n) is 4.55. The highest BCUT2D eigenvalue weighted by atomic mass is 19.1. The summed E-state index contributed by atoms with van der Waals surface area (Å²) in [4.78, 5) is 0. The maximum absolute atomic E-state index is 14.6. The Morgan fingerprint density at radius 1 is 1.00 bits per heavy atom. The topological polar surface area (TPSA) is 22.4 Å². The zero-order chi connectivity index (χ0) is 17.3. The Kier molecular flexibility index (Phi) is 4.74. The quantitative estimate of drug-likeness (QED) is 0.555. The van der Waals surface area contributed by atoms with Crippen molar-refractivity contribution in [1.82, 2.24) is 0 Å². The molecular weight excluding hydrogens is 310 g/mol. The van der Waals surface area contributed by atoms with Gasteiger partial charge in [-0.2, -0.15) is 4.39 Å². The van der Waals surface area contributed by atoms with Crippen LogP contribution in [0.5, 0.6) is 5.75 Å². The molecular formula is C20H22F2O2. The molecule has 128 valence electrons. The smallest absolute Gasteiger partial charge is 0.208 e. The third-order valence-corrected chi connectivity index (χ3v) is 4.55. The molecule has 0 atom stereocenters. The van der Waals surface area contributed by atoms with Crippen molar-refractivity contribution in [3.05, 3.63) is 41.5 Å². The maximum Gasteiger partial charge on any atom is 0.208 e. The average Bonchev–Trinajstić information content (AvgIpc) is 2.94. The first-order chi connectivity index (χ1) is 11.6. The molecule has 0 N–H and O–H groups in total. The van der Waals surface area contributed by atoms with Gasteiger partial charge in [0.25, 0.3) is 0 Å². The summed E-state index contributed by atoms with van der Waals surface area (Å²) in [7, 11) is 0. The molecule has 2 aromatic carbocycles. The fourth-order valence-corrected chi connectivity index (χ4v) is 2.90. The highest BCUT2D eigenvalue weighted by Crippen LogP contribution is 2.36. The number of benzene rings is 2. The van der Waals surface area contributed by atoms with E-state index in [0.29, 0.717) is 28.9 Å². The van der Waals surface area contributed by atoms with E-state index in [1.54, 1.807) is 31.2 Å². The summed E-state index contributed by atoms with van der Waals surface area (Å²) in [5.41, 5.74) is 0.643. The molecule has 24 heavy (non-hydrogen) atoms. The lowest BCUT2D eigenvalue weighted by molar-refractivity contribution is 0.175. The van der Waals surface area contributed by atoms with Crippen LogP contribution in [0.1, 0.15) is 38.7 Å². The summed E-state index contributed by atoms with van der Waals surface area (Å²) in [6.45, 7) is 6.18. The van der Waals surface area contributed by atoms with Crippen molar-refractivity contribution < 1.29 is 17.9 Å². The van der Waals surface area contributed by atoms with Crippen molar-refractivity contribution in [2.45, 2.75) is 40.0 Å². The van der Waals surface area contributed by atoms with Gasteiger partial charge in [0.15, 0.2) is 22.7 Å². The SMILES string of the molecule is CC.Cc1ccc2c(oc3c(F)c(OCC4CCC4)ccc32)c1F. The van der Waals surface area contributed by atoms with Crippen LogP contribution in [0.4, 0.5) is 8.78 Å². The molecule has 4 heteroatoms. The lowest BCUT2D eigenvalue weighted by Crippen LogP contribution is -2.19. The second kappa shape index (κ2) is 6.80. The molecule has 0 amide bonds. The van der Waals surface area contributed by atoms with E-state index in [-0.39, 0.29) is 16.9 Å². The molecule has 1 fully saturated rings. The summed E-state index contributed by atoms with van der Waals surface area (Å²) >= 11 is 0. The van der Waals surface area contributed by atoms with Crippen LogP contribution in [0.25, 0.3) is 21.9 Å². The highest BCUT2D eigenvalue weighted by Gasteiger charge is 2.21. The Bertz CT molecular complexity index is 863. The molecule has 4 rings (SSSR count). The fraction of sp³-hybridized carbons (Fsp3) is 0.400. The minimum absolute atomic E-state index is 0.0607. The van der Waals surface area contributed by atoms with Crippen LogP contribution >= 0.6 is 0 Å². The predicted molar refractivity (Wildman–Crippen MR) is 92.6 cm³/mol. The van der Waals surface area contributed by atoms with Crippen molar-refractivity contribution in [2.75, 3.05) is 6.61 Å². The van der Waals surface area contributed by atoms with E-state index in [0.717, 1.165) is 12.8 Å². The van der Waals surface area contributed by atoms with Crippen LogP contribution in [-0.2, 0) is 0 Å². The molecule has 3 aromatic rings. The number of ether oxygens (including phenoxy) is 1. The van der Waals surface area contributed by atoms with E-state index in [9.17, 15) is 8.78 Å². The first-order valence-electron chi connectivity index (χ1n) is 8.58. The highest BCUT2D eigenvalue weighted by molar-refractivity contribution is 6.05. The summed E-state index contributed by atoms with van der Waals surface area (Å²) < 4.78 is 39.7. The van der Waals surface area contributed by atoms with Gasteiger partial charge in [0, 0.05) is 10.8 Å². The van der Waals surface area contributed by atoms with Gasteiger partial charge in [0.2, 0.25) is 5.82 Å². The summed E-state index contributed by atoms with van der Waals surface area (Å²) in [6, 6.07) is 6.76. The van der Waals surface area contributed by atoms with Gasteiger partial charge in [-0.1, -0.05) is 32.4 Å². The minimum Gasteiger partial charge on any atom is -0.490 e. The molecule has 0 spiro atoms. The van der Waals surface area contributed by atoms with Gasteiger partial charge in [-0.25, -0.2) is 4.39 Å². The minimum atomic E-state index is -0.551. The number of furan rings is 1. The Morgan fingerprint density at radius 2 is 1.62 bits per heavy atom. The van der Waals surface area contributed by atoms with E-state index < -0.39 is 11.6 Å². The molecule has 0 saturated heterocycles. The molecule has 1 aliphatic carbocycles. The van der Waals surface area contributed by atoms with Crippen LogP contribution in [0.2, 0.25) is 0 Å². The molecule has 1 heterocycles. The number of hydrogen-bond donors (Lipinski definition) is 0. The second-order valence-electron chi connectivity index (χ2n) is 6.04. The number of rotatable bonds is 3. The van der Waals surface area contributed by atoms with Crippen molar-refractivity contribution in [3.63, 3.8) is 0 Å². The largest absolute Gasteiger partial charge is 0.490 e. The molecule has 1 aromatic heterocycles. The Hall–Kier alpha value is -2.10. The first-order valence-corrected chi connectivity index (χ1v) is 8.58. The van der Waals surface area contributed by atoms with Crippen molar-refractivity contribution in [2.24, 2.45) is 5.92 Å². The van der Waals surface area contributed by atoms with Gasteiger partial charge >= 0.3 is 0 Å². The standard InChI is InChI=1S/C18H16F2O2.C2H6/c1-10-5-6-12-13-7-8-14(21-9-11-3-2-4-11)16(20)18(13)22-17(12)15(10)19;1-2/h5-8,11H,2-4,9H2,1H3;1-2H3. The Morgan fingerprint density at radius 3 is 2.25 bits per heavy atom. The zero-order valence-electron chi connectivity index (χ0n) is 14.3. The van der Waals surface area contributed by atoms with E-state index in [4.69, 9.17) is 9.15 Å². The van der Waals surface area contributed by atoms with Crippen LogP contribution in [0.15, 0.2) is 28.7 Å². The van der Waals surface area contributed by atoms with E-state index in [1.807, 2.05) is 13.8 Å². The first kappa shape index (κ1) is 16.7. The molecule has 0 bridgehead atoms. The maximum atomic E-state index is 14.6. The predicted octanol–water partition coefficient (Wildman–Crippen LogP) is 6.38. The van der Waals surface area contributed by atoms with Gasteiger partial charge < -0.3 is 9.15 Å². The van der Waals surface area contributed by atoms with Gasteiger partial charge in [0.1, 0.15) is 0 Å². The Balaban J connectivity index is 0.000000815. The normalized spacial score (nSPS) is 14.4. The monoisotopic (exact) mass is 332 g/mol. The summed E-state index contributed by atoms with van der Waals surface area (Å²) in [5.74, 6) is -0.295. The average molecular weight is 332 g/mol. The zero-order valence-corrected chi connectivity index (χ0v) is 14.3. The summed E-state index contributed by atoms with van der Waals surface area (Å²) in [6.07, 6.45) is 3.50. The Labute approximate surface area is 140 Å². The number of hydrogen-bond acceptors (Lipinski definition) is 2. The lowest BCUT2D eigenvalue weighted by Gasteiger charge is -2.25. The van der Waals surface area contributed by atoms with Gasteiger partial charge in [-0.15, -0.1) is 0 Å². The molecule has 2 nitrogen and oxygen atoms in total.